The van der Waals surface area contributed by atoms with E-state index in [2.05, 4.69) is 28.6 Å². The zero-order chi connectivity index (χ0) is 15.8. The Bertz CT molecular complexity index is 559. The van der Waals surface area contributed by atoms with E-state index >= 15 is 0 Å². The maximum absolute atomic E-state index is 13.4. The van der Waals surface area contributed by atoms with Gasteiger partial charge in [-0.3, -0.25) is 0 Å². The number of hydrogen-bond donors (Lipinski definition) is 1. The molecule has 114 valence electrons. The molecule has 0 aromatic heterocycles. The van der Waals surface area contributed by atoms with Crippen molar-refractivity contribution in [2.24, 2.45) is 0 Å². The minimum atomic E-state index is -0.470. The van der Waals surface area contributed by atoms with Crippen LogP contribution >= 0.6 is 28.6 Å². The molecule has 1 aromatic rings. The lowest BCUT2D eigenvalue weighted by atomic mass is 9.78. The highest BCUT2D eigenvalue weighted by atomic mass is 79.9. The van der Waals surface area contributed by atoms with Crippen molar-refractivity contribution in [1.29, 1.82) is 0 Å². The van der Waals surface area contributed by atoms with Gasteiger partial charge in [-0.25, -0.2) is 4.39 Å². The molecule has 1 fully saturated rings. The molecular formula is C15H19BBrFO2S. The van der Waals surface area contributed by atoms with E-state index in [1.165, 1.54) is 12.1 Å². The van der Waals surface area contributed by atoms with Crippen LogP contribution in [-0.4, -0.2) is 24.1 Å². The molecule has 1 aliphatic heterocycles. The summed E-state index contributed by atoms with van der Waals surface area (Å²) >= 11 is 7.78. The zero-order valence-corrected chi connectivity index (χ0v) is 15.1. The van der Waals surface area contributed by atoms with Crippen molar-refractivity contribution in [2.45, 2.75) is 38.9 Å². The second-order valence-electron chi connectivity index (χ2n) is 6.13. The Labute approximate surface area is 139 Å². The molecule has 0 bridgehead atoms. The van der Waals surface area contributed by atoms with Gasteiger partial charge in [-0.15, -0.1) is 0 Å². The summed E-state index contributed by atoms with van der Waals surface area (Å²) in [6, 6.07) is 4.57. The predicted octanol–water partition coefficient (Wildman–Crippen LogP) is 4.53. The molecule has 0 aliphatic carbocycles. The second-order valence-corrected chi connectivity index (χ2v) is 7.30. The van der Waals surface area contributed by atoms with Crippen LogP contribution in [0.2, 0.25) is 0 Å². The van der Waals surface area contributed by atoms with Crippen LogP contribution in [0.5, 0.6) is 0 Å². The fourth-order valence-corrected chi connectivity index (χ4v) is 2.61. The van der Waals surface area contributed by atoms with Crippen LogP contribution < -0.4 is 0 Å². The van der Waals surface area contributed by atoms with E-state index in [4.69, 9.17) is 9.31 Å². The van der Waals surface area contributed by atoms with E-state index in [-0.39, 0.29) is 5.82 Å². The van der Waals surface area contributed by atoms with Gasteiger partial charge >= 0.3 is 7.12 Å². The molecule has 1 heterocycles. The number of thiol groups is 1. The normalized spacial score (nSPS) is 20.9. The van der Waals surface area contributed by atoms with E-state index < -0.39 is 18.3 Å². The van der Waals surface area contributed by atoms with Crippen LogP contribution in [0.15, 0.2) is 28.1 Å². The van der Waals surface area contributed by atoms with Crippen LogP contribution in [-0.2, 0) is 9.31 Å². The fourth-order valence-electron chi connectivity index (χ4n) is 2.01. The molecule has 0 amide bonds. The summed E-state index contributed by atoms with van der Waals surface area (Å²) in [7, 11) is -0.470. The summed E-state index contributed by atoms with van der Waals surface area (Å²) in [5.41, 5.74) is 0.801. The van der Waals surface area contributed by atoms with Crippen molar-refractivity contribution in [2.75, 3.05) is 5.75 Å². The van der Waals surface area contributed by atoms with Crippen molar-refractivity contribution in [3.8, 4) is 0 Å². The van der Waals surface area contributed by atoms with Gasteiger partial charge in [0.1, 0.15) is 5.82 Å². The lowest BCUT2D eigenvalue weighted by molar-refractivity contribution is 0.00578. The first kappa shape index (κ1) is 17.1. The van der Waals surface area contributed by atoms with Crippen LogP contribution in [0, 0.1) is 5.82 Å². The first-order chi connectivity index (χ1) is 9.66. The van der Waals surface area contributed by atoms with E-state index in [0.717, 1.165) is 15.5 Å². The molecule has 6 heteroatoms. The molecule has 1 aliphatic rings. The lowest BCUT2D eigenvalue weighted by Gasteiger charge is -2.32. The first-order valence-electron chi connectivity index (χ1n) is 6.78. The Hall–Kier alpha value is -0.295. The largest absolute Gasteiger partial charge is 0.491 e. The molecule has 2 nitrogen and oxygen atoms in total. The Morgan fingerprint density at radius 2 is 1.86 bits per heavy atom. The topological polar surface area (TPSA) is 18.5 Å². The molecule has 0 radical (unpaired) electrons. The molecule has 0 atom stereocenters. The molecule has 1 aromatic carbocycles. The molecule has 1 saturated heterocycles. The minimum absolute atomic E-state index is 0.281. The maximum atomic E-state index is 13.4. The van der Waals surface area contributed by atoms with Crippen LogP contribution in [0.1, 0.15) is 33.3 Å². The summed E-state index contributed by atoms with van der Waals surface area (Å²) in [5.74, 6) is 0.191. The summed E-state index contributed by atoms with van der Waals surface area (Å²) in [4.78, 5) is 0. The van der Waals surface area contributed by atoms with Crippen molar-refractivity contribution >= 4 is 41.8 Å². The smallest absolute Gasteiger partial charge is 0.400 e. The van der Waals surface area contributed by atoms with Gasteiger partial charge in [0.2, 0.25) is 0 Å². The average molecular weight is 373 g/mol. The zero-order valence-electron chi connectivity index (χ0n) is 12.6. The van der Waals surface area contributed by atoms with Crippen LogP contribution in [0.3, 0.4) is 0 Å². The summed E-state index contributed by atoms with van der Waals surface area (Å²) in [5, 5.41) is 0. The number of rotatable bonds is 3. The Morgan fingerprint density at radius 1 is 1.29 bits per heavy atom. The maximum Gasteiger partial charge on any atom is 0.491 e. The van der Waals surface area contributed by atoms with Crippen LogP contribution in [0.25, 0.3) is 6.08 Å². The van der Waals surface area contributed by atoms with Gasteiger partial charge < -0.3 is 9.31 Å². The Kier molecular flexibility index (Phi) is 4.93. The van der Waals surface area contributed by atoms with Gasteiger partial charge in [-0.2, -0.15) is 12.6 Å². The fraction of sp³-hybridized carbons (Fsp3) is 0.467. The number of halogens is 2. The summed E-state index contributed by atoms with van der Waals surface area (Å²) in [6.07, 6.45) is 1.86. The van der Waals surface area contributed by atoms with Gasteiger partial charge in [-0.1, -0.05) is 22.0 Å². The Balaban J connectivity index is 2.33. The standard InChI is InChI=1S/C15H19BBrFO2S/c1-14(2)15(3,4)20-16(19-14)11(9-21)7-10-8-12(18)5-6-13(10)17/h5-8,21H,9H2,1-4H3. The van der Waals surface area contributed by atoms with Crippen molar-refractivity contribution in [3.05, 3.63) is 39.5 Å². The molecule has 0 saturated carbocycles. The monoisotopic (exact) mass is 372 g/mol. The van der Waals surface area contributed by atoms with Crippen molar-refractivity contribution in [3.63, 3.8) is 0 Å². The van der Waals surface area contributed by atoms with Gasteiger partial charge in [-0.05, 0) is 56.9 Å². The molecular weight excluding hydrogens is 354 g/mol. The van der Waals surface area contributed by atoms with Gasteiger partial charge in [0.25, 0.3) is 0 Å². The highest BCUT2D eigenvalue weighted by Crippen LogP contribution is 2.39. The molecule has 0 unspecified atom stereocenters. The van der Waals surface area contributed by atoms with Crippen LogP contribution in [0.4, 0.5) is 4.39 Å². The third-order valence-corrected chi connectivity index (χ3v) is 5.12. The van der Waals surface area contributed by atoms with Gasteiger partial charge in [0.05, 0.1) is 11.2 Å². The number of benzene rings is 1. The number of hydrogen-bond acceptors (Lipinski definition) is 3. The van der Waals surface area contributed by atoms with E-state index in [0.29, 0.717) is 5.75 Å². The van der Waals surface area contributed by atoms with E-state index in [1.54, 1.807) is 6.07 Å². The van der Waals surface area contributed by atoms with Crippen molar-refractivity contribution < 1.29 is 13.7 Å². The molecule has 2 rings (SSSR count). The second kappa shape index (κ2) is 6.07. The van der Waals surface area contributed by atoms with E-state index in [1.807, 2.05) is 33.8 Å². The van der Waals surface area contributed by atoms with Gasteiger partial charge in [0, 0.05) is 10.2 Å². The minimum Gasteiger partial charge on any atom is -0.400 e. The molecule has 0 N–H and O–H groups in total. The Morgan fingerprint density at radius 3 is 2.38 bits per heavy atom. The lowest BCUT2D eigenvalue weighted by Crippen LogP contribution is -2.41. The predicted molar refractivity (Wildman–Crippen MR) is 92.0 cm³/mol. The van der Waals surface area contributed by atoms with Gasteiger partial charge in [0.15, 0.2) is 0 Å². The third kappa shape index (κ3) is 3.55. The summed E-state index contributed by atoms with van der Waals surface area (Å²) in [6.45, 7) is 8.00. The first-order valence-corrected chi connectivity index (χ1v) is 8.21. The highest BCUT2D eigenvalue weighted by molar-refractivity contribution is 9.10. The molecule has 21 heavy (non-hydrogen) atoms. The summed E-state index contributed by atoms with van der Waals surface area (Å²) < 4.78 is 26.2. The van der Waals surface area contributed by atoms with E-state index in [9.17, 15) is 4.39 Å². The quantitative estimate of drug-likeness (QED) is 0.620. The SMILES string of the molecule is CC1(C)OB(C(=Cc2cc(F)ccc2Br)CS)OC1(C)C. The molecule has 0 spiro atoms. The highest BCUT2D eigenvalue weighted by Gasteiger charge is 2.52. The third-order valence-electron chi connectivity index (χ3n) is 4.04. The van der Waals surface area contributed by atoms with Crippen molar-refractivity contribution in [1.82, 2.24) is 0 Å². The average Bonchev–Trinajstić information content (AvgIpc) is 2.59.